The van der Waals surface area contributed by atoms with E-state index in [4.69, 9.17) is 9.47 Å². The molecule has 2 aromatic rings. The molecule has 27 heavy (non-hydrogen) atoms. The lowest BCUT2D eigenvalue weighted by Crippen LogP contribution is -2.47. The van der Waals surface area contributed by atoms with Gasteiger partial charge in [0.2, 0.25) is 0 Å². The van der Waals surface area contributed by atoms with Crippen molar-refractivity contribution in [1.29, 1.82) is 0 Å². The molecule has 1 fully saturated rings. The Morgan fingerprint density at radius 2 is 2.00 bits per heavy atom. The highest BCUT2D eigenvalue weighted by atomic mass is 19.4. The van der Waals surface area contributed by atoms with Crippen LogP contribution in [0.2, 0.25) is 0 Å². The second kappa shape index (κ2) is 7.45. The highest BCUT2D eigenvalue weighted by molar-refractivity contribution is 5.82. The molecule has 2 heterocycles. The number of fused-ring (bicyclic) bond motifs is 1. The first-order valence-corrected chi connectivity index (χ1v) is 8.46. The Balaban J connectivity index is 1.77. The minimum Gasteiger partial charge on any atom is -0.490 e. The van der Waals surface area contributed by atoms with E-state index in [2.05, 4.69) is 9.97 Å². The number of carbonyl (C=O) groups excluding carboxylic acids is 1. The minimum atomic E-state index is -4.87. The molecule has 1 N–H and O–H groups in total. The summed E-state index contributed by atoms with van der Waals surface area (Å²) in [6.45, 7) is 2.05. The van der Waals surface area contributed by atoms with Crippen molar-refractivity contribution in [2.75, 3.05) is 19.7 Å². The number of halogens is 3. The Morgan fingerprint density at radius 3 is 2.63 bits per heavy atom. The second-order valence-electron chi connectivity index (χ2n) is 6.09. The van der Waals surface area contributed by atoms with Crippen LogP contribution in [0.5, 0.6) is 11.5 Å². The maximum atomic E-state index is 12.5. The van der Waals surface area contributed by atoms with Gasteiger partial charge in [0.1, 0.15) is 6.10 Å². The maximum absolute atomic E-state index is 12.5. The Hall–Kier alpha value is -2.78. The lowest BCUT2D eigenvalue weighted by molar-refractivity contribution is -0.187. The number of aromatic nitrogens is 2. The summed E-state index contributed by atoms with van der Waals surface area (Å²) in [5.74, 6) is -1.11. The van der Waals surface area contributed by atoms with Crippen LogP contribution in [-0.4, -0.2) is 52.8 Å². The number of nitrogens with one attached hydrogen (secondary N) is 1. The monoisotopic (exact) mass is 385 g/mol. The SMILES string of the molecule is CCOc1cc2nc[nH]c(=O)c2cc1OC1CCN(C(=O)C(F)(F)F)CC1. The summed E-state index contributed by atoms with van der Waals surface area (Å²) >= 11 is 0. The summed E-state index contributed by atoms with van der Waals surface area (Å²) in [6.07, 6.45) is -3.49. The van der Waals surface area contributed by atoms with Crippen LogP contribution in [0, 0.1) is 0 Å². The van der Waals surface area contributed by atoms with Crippen molar-refractivity contribution >= 4 is 16.8 Å². The minimum absolute atomic E-state index is 0.0529. The van der Waals surface area contributed by atoms with Gasteiger partial charge in [-0.3, -0.25) is 9.59 Å². The van der Waals surface area contributed by atoms with E-state index in [9.17, 15) is 22.8 Å². The van der Waals surface area contributed by atoms with Gasteiger partial charge in [-0.05, 0) is 13.0 Å². The molecule has 7 nitrogen and oxygen atoms in total. The van der Waals surface area contributed by atoms with Crippen LogP contribution in [0.4, 0.5) is 13.2 Å². The second-order valence-corrected chi connectivity index (χ2v) is 6.09. The molecule has 1 aliphatic rings. The normalized spacial score (nSPS) is 15.8. The van der Waals surface area contributed by atoms with Crippen LogP contribution in [0.1, 0.15) is 19.8 Å². The molecule has 1 aromatic heterocycles. The van der Waals surface area contributed by atoms with Gasteiger partial charge in [-0.1, -0.05) is 0 Å². The summed E-state index contributed by atoms with van der Waals surface area (Å²) in [5.41, 5.74) is 0.110. The first-order valence-electron chi connectivity index (χ1n) is 8.46. The number of ether oxygens (including phenoxy) is 2. The smallest absolute Gasteiger partial charge is 0.471 e. The number of likely N-dealkylation sites (tertiary alicyclic amines) is 1. The zero-order chi connectivity index (χ0) is 19.6. The molecule has 0 unspecified atom stereocenters. The summed E-state index contributed by atoms with van der Waals surface area (Å²) in [6, 6.07) is 3.10. The molecule has 0 atom stereocenters. The summed E-state index contributed by atoms with van der Waals surface area (Å²) in [5, 5.41) is 0.320. The third-order valence-electron chi connectivity index (χ3n) is 4.27. The number of piperidine rings is 1. The fourth-order valence-corrected chi connectivity index (χ4v) is 2.97. The third kappa shape index (κ3) is 4.15. The molecule has 0 bridgehead atoms. The standard InChI is InChI=1S/C17H18F3N3O4/c1-2-26-13-8-12-11(15(24)22-9-21-12)7-14(13)27-10-3-5-23(6-4-10)16(25)17(18,19)20/h7-10H,2-6H2,1H3,(H,21,22,24). The summed E-state index contributed by atoms with van der Waals surface area (Å²) in [7, 11) is 0. The zero-order valence-electron chi connectivity index (χ0n) is 14.5. The number of hydrogen-bond acceptors (Lipinski definition) is 5. The largest absolute Gasteiger partial charge is 0.490 e. The number of rotatable bonds is 4. The third-order valence-corrected chi connectivity index (χ3v) is 4.27. The van der Waals surface area contributed by atoms with E-state index in [0.29, 0.717) is 29.0 Å². The van der Waals surface area contributed by atoms with Crippen LogP contribution in [0.3, 0.4) is 0 Å². The molecule has 0 saturated carbocycles. The van der Waals surface area contributed by atoms with E-state index in [0.717, 1.165) is 4.90 Å². The summed E-state index contributed by atoms with van der Waals surface area (Å²) in [4.78, 5) is 30.6. The van der Waals surface area contributed by atoms with E-state index in [1.165, 1.54) is 12.4 Å². The number of hydrogen-bond donors (Lipinski definition) is 1. The van der Waals surface area contributed by atoms with Crippen molar-refractivity contribution < 1.29 is 27.4 Å². The van der Waals surface area contributed by atoms with Crippen molar-refractivity contribution in [3.63, 3.8) is 0 Å². The van der Waals surface area contributed by atoms with Crippen LogP contribution in [0.25, 0.3) is 10.9 Å². The molecule has 1 aliphatic heterocycles. The van der Waals surface area contributed by atoms with Gasteiger partial charge in [0.25, 0.3) is 5.56 Å². The van der Waals surface area contributed by atoms with Gasteiger partial charge >= 0.3 is 12.1 Å². The number of nitrogens with zero attached hydrogens (tertiary/aromatic N) is 2. The van der Waals surface area contributed by atoms with Crippen molar-refractivity contribution in [2.45, 2.75) is 32.0 Å². The topological polar surface area (TPSA) is 84.5 Å². The fourth-order valence-electron chi connectivity index (χ4n) is 2.97. The van der Waals surface area contributed by atoms with Gasteiger partial charge in [-0.2, -0.15) is 13.2 Å². The zero-order valence-corrected chi connectivity index (χ0v) is 14.5. The summed E-state index contributed by atoms with van der Waals surface area (Å²) < 4.78 is 49.0. The molecule has 3 rings (SSSR count). The van der Waals surface area contributed by atoms with Gasteiger partial charge < -0.3 is 19.4 Å². The quantitative estimate of drug-likeness (QED) is 0.873. The molecule has 0 aliphatic carbocycles. The van der Waals surface area contributed by atoms with Crippen molar-refractivity contribution in [3.8, 4) is 11.5 Å². The number of aromatic amines is 1. The molecular weight excluding hydrogens is 367 g/mol. The predicted molar refractivity (Wildman–Crippen MR) is 89.8 cm³/mol. The van der Waals surface area contributed by atoms with E-state index >= 15 is 0 Å². The van der Waals surface area contributed by atoms with Crippen molar-refractivity contribution in [3.05, 3.63) is 28.8 Å². The average molecular weight is 385 g/mol. The first-order chi connectivity index (χ1) is 12.8. The van der Waals surface area contributed by atoms with Gasteiger partial charge in [0.05, 0.1) is 23.8 Å². The molecular formula is C17H18F3N3O4. The molecule has 146 valence electrons. The first kappa shape index (κ1) is 19.0. The van der Waals surface area contributed by atoms with E-state index < -0.39 is 18.2 Å². The number of benzene rings is 1. The fraction of sp³-hybridized carbons (Fsp3) is 0.471. The van der Waals surface area contributed by atoms with Crippen molar-refractivity contribution in [1.82, 2.24) is 14.9 Å². The van der Waals surface area contributed by atoms with Gasteiger partial charge in [-0.15, -0.1) is 0 Å². The highest BCUT2D eigenvalue weighted by Crippen LogP contribution is 2.33. The van der Waals surface area contributed by atoms with Crippen LogP contribution in [0.15, 0.2) is 23.3 Å². The number of H-pyrrole nitrogens is 1. The van der Waals surface area contributed by atoms with Gasteiger partial charge in [0.15, 0.2) is 11.5 Å². The Labute approximate surface area is 152 Å². The number of alkyl halides is 3. The van der Waals surface area contributed by atoms with Gasteiger partial charge in [0, 0.05) is 32.0 Å². The lowest BCUT2D eigenvalue weighted by atomic mass is 10.1. The maximum Gasteiger partial charge on any atom is 0.471 e. The highest BCUT2D eigenvalue weighted by Gasteiger charge is 2.43. The van der Waals surface area contributed by atoms with Gasteiger partial charge in [-0.25, -0.2) is 4.98 Å². The Kier molecular flexibility index (Phi) is 5.24. The molecule has 0 radical (unpaired) electrons. The average Bonchev–Trinajstić information content (AvgIpc) is 2.62. The lowest BCUT2D eigenvalue weighted by Gasteiger charge is -2.32. The molecule has 0 spiro atoms. The molecule has 1 saturated heterocycles. The Morgan fingerprint density at radius 1 is 1.30 bits per heavy atom. The number of carbonyl (C=O) groups is 1. The van der Waals surface area contributed by atoms with Crippen LogP contribution in [-0.2, 0) is 4.79 Å². The molecule has 1 aromatic carbocycles. The van der Waals surface area contributed by atoms with E-state index in [1.807, 2.05) is 0 Å². The Bertz CT molecular complexity index is 889. The van der Waals surface area contributed by atoms with Crippen LogP contribution >= 0.6 is 0 Å². The van der Waals surface area contributed by atoms with E-state index in [1.54, 1.807) is 13.0 Å². The molecule has 1 amide bonds. The van der Waals surface area contributed by atoms with Crippen molar-refractivity contribution in [2.24, 2.45) is 0 Å². The molecule has 10 heteroatoms. The predicted octanol–water partition coefficient (Wildman–Crippen LogP) is 2.25. The van der Waals surface area contributed by atoms with E-state index in [-0.39, 0.29) is 31.5 Å². The number of amides is 1. The van der Waals surface area contributed by atoms with Crippen LogP contribution < -0.4 is 15.0 Å².